The van der Waals surface area contributed by atoms with Crippen LogP contribution >= 0.6 is 0 Å². The van der Waals surface area contributed by atoms with Gasteiger partial charge in [-0.25, -0.2) is 0 Å². The maximum atomic E-state index is 10.1. The summed E-state index contributed by atoms with van der Waals surface area (Å²) in [5.74, 6) is -0.109. The van der Waals surface area contributed by atoms with Crippen LogP contribution in [0.5, 0.6) is 0 Å². The molecule has 0 bridgehead atoms. The summed E-state index contributed by atoms with van der Waals surface area (Å²) < 4.78 is 0. The van der Waals surface area contributed by atoms with Gasteiger partial charge in [-0.2, -0.15) is 0 Å². The minimum Gasteiger partial charge on any atom is -0.396 e. The van der Waals surface area contributed by atoms with Gasteiger partial charge in [-0.05, 0) is 18.8 Å². The van der Waals surface area contributed by atoms with Crippen LogP contribution in [0, 0.1) is 10.1 Å². The average molecular weight is 145 g/mol. The van der Waals surface area contributed by atoms with E-state index in [-0.39, 0.29) is 11.5 Å². The predicted octanol–water partition coefficient (Wildman–Crippen LogP) is 0.0203. The van der Waals surface area contributed by atoms with E-state index in [4.69, 9.17) is 5.73 Å². The number of hydrogen-bond donors (Lipinski definition) is 2. The van der Waals surface area contributed by atoms with Gasteiger partial charge >= 0.3 is 5.82 Å². The maximum absolute atomic E-state index is 10.1. The molecule has 0 rings (SSSR count). The molecule has 0 amide bonds. The molecule has 0 atom stereocenters. The SMILES string of the molecule is CCN/C(=C(\C)N)[N+](=O)[O-]. The first-order valence-electron chi connectivity index (χ1n) is 2.94. The molecule has 0 aliphatic heterocycles. The zero-order chi connectivity index (χ0) is 8.15. The van der Waals surface area contributed by atoms with E-state index in [0.29, 0.717) is 6.54 Å². The summed E-state index contributed by atoms with van der Waals surface area (Å²) in [4.78, 5) is 9.61. The molecule has 0 spiro atoms. The van der Waals surface area contributed by atoms with Gasteiger partial charge in [0.1, 0.15) is 0 Å². The normalized spacial score (nSPS) is 12.2. The third kappa shape index (κ3) is 2.34. The number of nitro groups is 1. The second-order valence-corrected chi connectivity index (χ2v) is 1.82. The fraction of sp³-hybridized carbons (Fsp3) is 0.600. The van der Waals surface area contributed by atoms with E-state index in [1.165, 1.54) is 6.92 Å². The number of nitrogens with one attached hydrogen (secondary N) is 1. The lowest BCUT2D eigenvalue weighted by Gasteiger charge is -2.01. The topological polar surface area (TPSA) is 81.2 Å². The average Bonchev–Trinajstić information content (AvgIpc) is 1.81. The van der Waals surface area contributed by atoms with E-state index in [9.17, 15) is 10.1 Å². The second kappa shape index (κ2) is 3.71. The highest BCUT2D eigenvalue weighted by Crippen LogP contribution is 1.93. The van der Waals surface area contributed by atoms with Crippen LogP contribution in [0.3, 0.4) is 0 Å². The molecule has 0 aromatic carbocycles. The summed E-state index contributed by atoms with van der Waals surface area (Å²) in [6.07, 6.45) is 0. The zero-order valence-corrected chi connectivity index (χ0v) is 6.05. The molecule has 0 unspecified atom stereocenters. The Balaban J connectivity index is 4.28. The standard InChI is InChI=1S/C5H11N3O2/c1-3-7-5(4(2)6)8(9)10/h7H,3,6H2,1-2H3/b5-4-. The molecular weight excluding hydrogens is 134 g/mol. The van der Waals surface area contributed by atoms with Gasteiger partial charge in [0, 0.05) is 0 Å². The molecule has 0 radical (unpaired) electrons. The van der Waals surface area contributed by atoms with Gasteiger partial charge < -0.3 is 15.8 Å². The fourth-order valence-electron chi connectivity index (χ4n) is 0.515. The fourth-order valence-corrected chi connectivity index (χ4v) is 0.515. The molecule has 0 saturated carbocycles. The summed E-state index contributed by atoms with van der Waals surface area (Å²) in [5, 5.41) is 12.7. The van der Waals surface area contributed by atoms with Crippen molar-refractivity contribution in [2.45, 2.75) is 13.8 Å². The Labute approximate surface area is 59.1 Å². The molecule has 3 N–H and O–H groups in total. The van der Waals surface area contributed by atoms with Crippen molar-refractivity contribution in [2.75, 3.05) is 6.54 Å². The third-order valence-electron chi connectivity index (χ3n) is 0.900. The summed E-state index contributed by atoms with van der Waals surface area (Å²) in [7, 11) is 0. The number of hydrogen-bond acceptors (Lipinski definition) is 4. The molecule has 0 heterocycles. The Hall–Kier alpha value is -1.26. The van der Waals surface area contributed by atoms with Crippen LogP contribution in [0.2, 0.25) is 0 Å². The zero-order valence-electron chi connectivity index (χ0n) is 6.05. The van der Waals surface area contributed by atoms with Crippen LogP contribution in [0.1, 0.15) is 13.8 Å². The van der Waals surface area contributed by atoms with Gasteiger partial charge in [-0.3, -0.25) is 5.32 Å². The van der Waals surface area contributed by atoms with Crippen LogP contribution in [0.25, 0.3) is 0 Å². The smallest absolute Gasteiger partial charge is 0.334 e. The molecule has 10 heavy (non-hydrogen) atoms. The Bertz CT molecular complexity index is 160. The van der Waals surface area contributed by atoms with E-state index in [2.05, 4.69) is 5.32 Å². The highest BCUT2D eigenvalue weighted by atomic mass is 16.6. The number of allylic oxidation sites excluding steroid dienone is 1. The molecule has 0 aliphatic rings. The summed E-state index contributed by atoms with van der Waals surface area (Å²) in [6, 6.07) is 0. The van der Waals surface area contributed by atoms with Crippen molar-refractivity contribution in [3.63, 3.8) is 0 Å². The highest BCUT2D eigenvalue weighted by molar-refractivity contribution is 4.97. The Morgan fingerprint density at radius 1 is 1.80 bits per heavy atom. The Kier molecular flexibility index (Phi) is 3.24. The first kappa shape index (κ1) is 8.74. The van der Waals surface area contributed by atoms with Crippen LogP contribution < -0.4 is 11.1 Å². The second-order valence-electron chi connectivity index (χ2n) is 1.82. The summed E-state index contributed by atoms with van der Waals surface area (Å²) in [5.41, 5.74) is 5.40. The van der Waals surface area contributed by atoms with E-state index in [1.807, 2.05) is 0 Å². The van der Waals surface area contributed by atoms with Gasteiger partial charge in [-0.15, -0.1) is 0 Å². The lowest BCUT2D eigenvalue weighted by atomic mass is 10.5. The van der Waals surface area contributed by atoms with Crippen LogP contribution in [0.4, 0.5) is 0 Å². The van der Waals surface area contributed by atoms with Crippen molar-refractivity contribution < 1.29 is 4.92 Å². The maximum Gasteiger partial charge on any atom is 0.334 e. The molecule has 0 aromatic rings. The van der Waals surface area contributed by atoms with E-state index >= 15 is 0 Å². The van der Waals surface area contributed by atoms with Crippen molar-refractivity contribution in [3.8, 4) is 0 Å². The van der Waals surface area contributed by atoms with Gasteiger partial charge in [-0.1, -0.05) is 0 Å². The van der Waals surface area contributed by atoms with Crippen LogP contribution in [0.15, 0.2) is 11.5 Å². The monoisotopic (exact) mass is 145 g/mol. The van der Waals surface area contributed by atoms with E-state index in [1.54, 1.807) is 6.92 Å². The van der Waals surface area contributed by atoms with Crippen LogP contribution in [-0.2, 0) is 0 Å². The van der Waals surface area contributed by atoms with Gasteiger partial charge in [0.25, 0.3) is 0 Å². The first-order chi connectivity index (χ1) is 4.59. The highest BCUT2D eigenvalue weighted by Gasteiger charge is 2.07. The number of rotatable bonds is 3. The molecular formula is C5H11N3O2. The third-order valence-corrected chi connectivity index (χ3v) is 0.900. The van der Waals surface area contributed by atoms with Gasteiger partial charge in [0.2, 0.25) is 0 Å². The van der Waals surface area contributed by atoms with Crippen LogP contribution in [-0.4, -0.2) is 11.5 Å². The lowest BCUT2D eigenvalue weighted by Crippen LogP contribution is -2.23. The molecule has 0 saturated heterocycles. The molecule has 5 nitrogen and oxygen atoms in total. The van der Waals surface area contributed by atoms with Crippen molar-refractivity contribution in [1.29, 1.82) is 0 Å². The van der Waals surface area contributed by atoms with Gasteiger partial charge in [0.15, 0.2) is 0 Å². The molecule has 5 heteroatoms. The Morgan fingerprint density at radius 2 is 2.30 bits per heavy atom. The summed E-state index contributed by atoms with van der Waals surface area (Å²) >= 11 is 0. The van der Waals surface area contributed by atoms with Gasteiger partial charge in [0.05, 0.1) is 12.2 Å². The lowest BCUT2D eigenvalue weighted by molar-refractivity contribution is -0.433. The van der Waals surface area contributed by atoms with Crippen molar-refractivity contribution >= 4 is 0 Å². The minimum atomic E-state index is -0.529. The molecule has 0 aromatic heterocycles. The number of nitrogens with zero attached hydrogens (tertiary/aromatic N) is 1. The number of nitrogens with two attached hydrogens (primary N) is 1. The largest absolute Gasteiger partial charge is 0.396 e. The molecule has 0 fully saturated rings. The van der Waals surface area contributed by atoms with E-state index < -0.39 is 4.92 Å². The molecule has 58 valence electrons. The Morgan fingerprint density at radius 3 is 2.40 bits per heavy atom. The minimum absolute atomic E-state index is 0.109. The quantitative estimate of drug-likeness (QED) is 0.433. The van der Waals surface area contributed by atoms with Crippen molar-refractivity contribution in [2.24, 2.45) is 5.73 Å². The predicted molar refractivity (Wildman–Crippen MR) is 37.6 cm³/mol. The molecule has 0 aliphatic carbocycles. The first-order valence-corrected chi connectivity index (χ1v) is 2.94. The van der Waals surface area contributed by atoms with Crippen molar-refractivity contribution in [3.05, 3.63) is 21.6 Å². The van der Waals surface area contributed by atoms with E-state index in [0.717, 1.165) is 0 Å². The summed E-state index contributed by atoms with van der Waals surface area (Å²) in [6.45, 7) is 3.76. The van der Waals surface area contributed by atoms with Crippen molar-refractivity contribution in [1.82, 2.24) is 5.32 Å².